The Labute approximate surface area is 82.9 Å². The zero-order valence-corrected chi connectivity index (χ0v) is 8.20. The zero-order valence-electron chi connectivity index (χ0n) is 6.04. The van der Waals surface area contributed by atoms with Crippen molar-refractivity contribution in [3.8, 4) is 0 Å². The number of rotatable bonds is 1. The molecule has 0 aliphatic rings. The highest BCUT2D eigenvalue weighted by Gasteiger charge is 2.01. The summed E-state index contributed by atoms with van der Waals surface area (Å²) in [5.41, 5.74) is 6.39. The molecule has 0 heterocycles. The normalized spacial score (nSPS) is 9.42. The van der Waals surface area contributed by atoms with Gasteiger partial charge in [0.25, 0.3) is 0 Å². The van der Waals surface area contributed by atoms with Gasteiger partial charge < -0.3 is 10.8 Å². The predicted molar refractivity (Wildman–Crippen MR) is 55.2 cm³/mol. The first-order valence-corrected chi connectivity index (χ1v) is 4.22. The van der Waals surface area contributed by atoms with Gasteiger partial charge in [0, 0.05) is 3.57 Å². The van der Waals surface area contributed by atoms with Crippen LogP contribution in [0.3, 0.4) is 0 Å². The van der Waals surface area contributed by atoms with Gasteiger partial charge in [0.05, 0.1) is 11.4 Å². The standard InChI is InChI=1S/C7H7IN2O2/c8-4-1-2-6(5(9)3-4)10-7(11)12/h1-3,10H,9H2,(H,11,12). The van der Waals surface area contributed by atoms with Gasteiger partial charge >= 0.3 is 6.09 Å². The van der Waals surface area contributed by atoms with Crippen LogP contribution in [0, 0.1) is 3.57 Å². The minimum atomic E-state index is -1.11. The number of amides is 1. The summed E-state index contributed by atoms with van der Waals surface area (Å²) >= 11 is 2.10. The Kier molecular flexibility index (Phi) is 2.74. The molecule has 0 bridgehead atoms. The highest BCUT2D eigenvalue weighted by Crippen LogP contribution is 2.20. The van der Waals surface area contributed by atoms with Crippen LogP contribution in [0.4, 0.5) is 16.2 Å². The van der Waals surface area contributed by atoms with Crippen molar-refractivity contribution in [1.29, 1.82) is 0 Å². The summed E-state index contributed by atoms with van der Waals surface area (Å²) in [6, 6.07) is 5.11. The maximum Gasteiger partial charge on any atom is 0.409 e. The Bertz CT molecular complexity index is 314. The summed E-state index contributed by atoms with van der Waals surface area (Å²) in [5.74, 6) is 0. The van der Waals surface area contributed by atoms with E-state index < -0.39 is 6.09 Å². The van der Waals surface area contributed by atoms with E-state index in [-0.39, 0.29) is 0 Å². The molecule has 64 valence electrons. The Morgan fingerprint density at radius 2 is 2.25 bits per heavy atom. The second-order valence-corrected chi connectivity index (χ2v) is 3.41. The van der Waals surface area contributed by atoms with E-state index in [2.05, 4.69) is 27.9 Å². The Balaban J connectivity index is 2.93. The van der Waals surface area contributed by atoms with Gasteiger partial charge in [0.15, 0.2) is 0 Å². The molecular weight excluding hydrogens is 271 g/mol. The van der Waals surface area contributed by atoms with Crippen molar-refractivity contribution in [1.82, 2.24) is 0 Å². The molecule has 0 unspecified atom stereocenters. The Morgan fingerprint density at radius 1 is 1.58 bits per heavy atom. The van der Waals surface area contributed by atoms with Gasteiger partial charge in [-0.3, -0.25) is 5.32 Å². The van der Waals surface area contributed by atoms with Crippen molar-refractivity contribution >= 4 is 40.1 Å². The van der Waals surface area contributed by atoms with Crippen molar-refractivity contribution in [3.05, 3.63) is 21.8 Å². The van der Waals surface area contributed by atoms with E-state index >= 15 is 0 Å². The number of carboxylic acid groups (broad SMARTS) is 1. The molecule has 0 aromatic heterocycles. The second-order valence-electron chi connectivity index (χ2n) is 2.16. The number of anilines is 2. The Hall–Kier alpha value is -0.980. The third kappa shape index (κ3) is 2.26. The summed E-state index contributed by atoms with van der Waals surface area (Å²) < 4.78 is 0.973. The topological polar surface area (TPSA) is 75.3 Å². The fourth-order valence-electron chi connectivity index (χ4n) is 0.763. The number of hydrogen-bond acceptors (Lipinski definition) is 2. The van der Waals surface area contributed by atoms with E-state index in [1.165, 1.54) is 0 Å². The van der Waals surface area contributed by atoms with Crippen molar-refractivity contribution in [2.75, 3.05) is 11.1 Å². The molecule has 5 heteroatoms. The molecule has 0 saturated heterocycles. The molecule has 1 aromatic carbocycles. The number of halogens is 1. The highest BCUT2D eigenvalue weighted by molar-refractivity contribution is 14.1. The number of hydrogen-bond donors (Lipinski definition) is 3. The molecule has 0 atom stereocenters. The van der Waals surface area contributed by atoms with Crippen LogP contribution in [0.25, 0.3) is 0 Å². The van der Waals surface area contributed by atoms with Gasteiger partial charge in [-0.15, -0.1) is 0 Å². The van der Waals surface area contributed by atoms with Crippen molar-refractivity contribution in [2.24, 2.45) is 0 Å². The van der Waals surface area contributed by atoms with E-state index in [9.17, 15) is 4.79 Å². The van der Waals surface area contributed by atoms with Crippen LogP contribution < -0.4 is 11.1 Å². The number of nitrogen functional groups attached to an aromatic ring is 1. The van der Waals surface area contributed by atoms with Crippen LogP contribution in [0.1, 0.15) is 0 Å². The first-order chi connectivity index (χ1) is 5.59. The minimum absolute atomic E-state index is 0.419. The van der Waals surface area contributed by atoms with Gasteiger partial charge in [-0.05, 0) is 40.8 Å². The van der Waals surface area contributed by atoms with Crippen LogP contribution in [-0.2, 0) is 0 Å². The van der Waals surface area contributed by atoms with Crippen molar-refractivity contribution in [2.45, 2.75) is 0 Å². The predicted octanol–water partition coefficient (Wildman–Crippen LogP) is 1.96. The summed E-state index contributed by atoms with van der Waals surface area (Å²) in [4.78, 5) is 10.2. The molecule has 4 N–H and O–H groups in total. The van der Waals surface area contributed by atoms with E-state index in [0.717, 1.165) is 3.57 Å². The van der Waals surface area contributed by atoms with E-state index in [1.54, 1.807) is 18.2 Å². The lowest BCUT2D eigenvalue weighted by molar-refractivity contribution is 0.210. The van der Waals surface area contributed by atoms with Crippen LogP contribution in [0.15, 0.2) is 18.2 Å². The molecular formula is C7H7IN2O2. The van der Waals surface area contributed by atoms with E-state index in [1.807, 2.05) is 0 Å². The molecule has 4 nitrogen and oxygen atoms in total. The van der Waals surface area contributed by atoms with Gasteiger partial charge in [-0.1, -0.05) is 0 Å². The van der Waals surface area contributed by atoms with Crippen LogP contribution in [0.5, 0.6) is 0 Å². The summed E-state index contributed by atoms with van der Waals surface area (Å²) in [6.07, 6.45) is -1.11. The van der Waals surface area contributed by atoms with Crippen LogP contribution in [0.2, 0.25) is 0 Å². The number of benzene rings is 1. The first kappa shape index (κ1) is 9.11. The molecule has 1 rings (SSSR count). The molecule has 0 radical (unpaired) electrons. The molecule has 12 heavy (non-hydrogen) atoms. The lowest BCUT2D eigenvalue weighted by atomic mass is 10.3. The highest BCUT2D eigenvalue weighted by atomic mass is 127. The Morgan fingerprint density at radius 3 is 2.75 bits per heavy atom. The molecule has 0 saturated carbocycles. The molecule has 1 amide bonds. The zero-order chi connectivity index (χ0) is 9.14. The fraction of sp³-hybridized carbons (Fsp3) is 0. The molecule has 0 aliphatic carbocycles. The molecule has 0 aliphatic heterocycles. The SMILES string of the molecule is Nc1cc(I)ccc1NC(=O)O. The number of nitrogens with one attached hydrogen (secondary N) is 1. The van der Waals surface area contributed by atoms with Gasteiger partial charge in [-0.25, -0.2) is 4.79 Å². The summed E-state index contributed by atoms with van der Waals surface area (Å²) in [7, 11) is 0. The van der Waals surface area contributed by atoms with Crippen LogP contribution >= 0.6 is 22.6 Å². The van der Waals surface area contributed by atoms with E-state index in [4.69, 9.17) is 10.8 Å². The van der Waals surface area contributed by atoms with Gasteiger partial charge in [0.2, 0.25) is 0 Å². The van der Waals surface area contributed by atoms with Gasteiger partial charge in [0.1, 0.15) is 0 Å². The first-order valence-electron chi connectivity index (χ1n) is 3.14. The average molecular weight is 278 g/mol. The van der Waals surface area contributed by atoms with Crippen molar-refractivity contribution in [3.63, 3.8) is 0 Å². The second kappa shape index (κ2) is 3.61. The third-order valence-corrected chi connectivity index (χ3v) is 1.93. The summed E-state index contributed by atoms with van der Waals surface area (Å²) in [6.45, 7) is 0. The van der Waals surface area contributed by atoms with E-state index in [0.29, 0.717) is 11.4 Å². The fourth-order valence-corrected chi connectivity index (χ4v) is 1.28. The maximum atomic E-state index is 10.2. The molecule has 0 fully saturated rings. The molecule has 1 aromatic rings. The average Bonchev–Trinajstić information content (AvgIpc) is 1.94. The number of carbonyl (C=O) groups is 1. The smallest absolute Gasteiger partial charge is 0.409 e. The van der Waals surface area contributed by atoms with Gasteiger partial charge in [-0.2, -0.15) is 0 Å². The third-order valence-electron chi connectivity index (χ3n) is 1.26. The lowest BCUT2D eigenvalue weighted by Crippen LogP contribution is -2.09. The lowest BCUT2D eigenvalue weighted by Gasteiger charge is -2.04. The van der Waals surface area contributed by atoms with Crippen molar-refractivity contribution < 1.29 is 9.90 Å². The monoisotopic (exact) mass is 278 g/mol. The summed E-state index contributed by atoms with van der Waals surface area (Å²) in [5, 5.41) is 10.6. The van der Waals surface area contributed by atoms with Crippen LogP contribution in [-0.4, -0.2) is 11.2 Å². The minimum Gasteiger partial charge on any atom is -0.465 e. The number of nitrogens with two attached hydrogens (primary N) is 1. The maximum absolute atomic E-state index is 10.2. The quantitative estimate of drug-likeness (QED) is 0.543. The largest absolute Gasteiger partial charge is 0.465 e. The molecule has 0 spiro atoms.